The number of benzene rings is 1. The number of nitrogens with zero attached hydrogens (tertiary/aromatic N) is 1. The molecular weight excluding hydrogens is 342 g/mol. The molecule has 1 aromatic carbocycles. The lowest BCUT2D eigenvalue weighted by Gasteiger charge is -2.24. The van der Waals surface area contributed by atoms with Crippen molar-refractivity contribution in [1.29, 1.82) is 0 Å². The van der Waals surface area contributed by atoms with Gasteiger partial charge >= 0.3 is 5.97 Å². The van der Waals surface area contributed by atoms with Gasteiger partial charge in [0.15, 0.2) is 0 Å². The fourth-order valence-corrected chi connectivity index (χ4v) is 3.00. The third kappa shape index (κ3) is 4.82. The van der Waals surface area contributed by atoms with Crippen LogP contribution in [0.3, 0.4) is 0 Å². The molecule has 0 radical (unpaired) electrons. The van der Waals surface area contributed by atoms with Crippen LogP contribution >= 0.6 is 11.8 Å². The van der Waals surface area contributed by atoms with Crippen LogP contribution in [0.1, 0.15) is 32.5 Å². The quantitative estimate of drug-likeness (QED) is 0.618. The summed E-state index contributed by atoms with van der Waals surface area (Å²) < 4.78 is 0. The first-order chi connectivity index (χ1) is 11.9. The Hall–Kier alpha value is -2.35. The summed E-state index contributed by atoms with van der Waals surface area (Å²) in [6.07, 6.45) is 0.509. The number of amides is 1. The van der Waals surface area contributed by atoms with Crippen molar-refractivity contribution in [2.24, 2.45) is 0 Å². The maximum atomic E-state index is 12.0. The standard InChI is InChI=1S/C17H21N3O4S/c1-3-17(2,16(23)24)20-14(21)8-9-25-10-13-18-12-7-5-4-6-11(12)15(22)19-13/h4-7H,3,8-10H2,1-2H3,(H,20,21)(H,23,24)(H,18,19,22). The third-order valence-electron chi connectivity index (χ3n) is 3.97. The van der Waals surface area contributed by atoms with Crippen LogP contribution in [0.5, 0.6) is 0 Å². The van der Waals surface area contributed by atoms with Crippen LogP contribution < -0.4 is 10.9 Å². The molecule has 2 aromatic rings. The number of para-hydroxylation sites is 1. The molecule has 0 fully saturated rings. The van der Waals surface area contributed by atoms with Gasteiger partial charge in [0.05, 0.1) is 16.7 Å². The number of carbonyl (C=O) groups excluding carboxylic acids is 1. The van der Waals surface area contributed by atoms with Crippen molar-refractivity contribution in [3.8, 4) is 0 Å². The number of aromatic amines is 1. The Kier molecular flexibility index (Phi) is 6.19. The molecule has 0 spiro atoms. The van der Waals surface area contributed by atoms with Crippen LogP contribution in [-0.4, -0.2) is 38.2 Å². The van der Waals surface area contributed by atoms with Crippen molar-refractivity contribution in [3.05, 3.63) is 40.4 Å². The van der Waals surface area contributed by atoms with Gasteiger partial charge in [-0.1, -0.05) is 19.1 Å². The number of nitrogens with one attached hydrogen (secondary N) is 2. The first-order valence-electron chi connectivity index (χ1n) is 7.96. The molecule has 1 atom stereocenters. The Morgan fingerprint density at radius 2 is 2.08 bits per heavy atom. The lowest BCUT2D eigenvalue weighted by Crippen LogP contribution is -2.51. The number of aliphatic carboxylic acids is 1. The van der Waals surface area contributed by atoms with Crippen LogP contribution in [0.25, 0.3) is 10.9 Å². The summed E-state index contributed by atoms with van der Waals surface area (Å²) in [7, 11) is 0. The number of H-pyrrole nitrogens is 1. The minimum Gasteiger partial charge on any atom is -0.480 e. The molecule has 1 unspecified atom stereocenters. The second kappa shape index (κ2) is 8.15. The zero-order valence-corrected chi connectivity index (χ0v) is 15.0. The summed E-state index contributed by atoms with van der Waals surface area (Å²) in [5, 5.41) is 12.2. The largest absolute Gasteiger partial charge is 0.480 e. The van der Waals surface area contributed by atoms with E-state index in [2.05, 4.69) is 15.3 Å². The zero-order valence-electron chi connectivity index (χ0n) is 14.2. The van der Waals surface area contributed by atoms with Crippen molar-refractivity contribution in [3.63, 3.8) is 0 Å². The maximum Gasteiger partial charge on any atom is 0.329 e. The first-order valence-corrected chi connectivity index (χ1v) is 9.11. The Balaban J connectivity index is 1.86. The molecule has 8 heteroatoms. The number of aromatic nitrogens is 2. The number of hydrogen-bond acceptors (Lipinski definition) is 5. The summed E-state index contributed by atoms with van der Waals surface area (Å²) in [6, 6.07) is 7.11. The van der Waals surface area contributed by atoms with E-state index in [9.17, 15) is 14.4 Å². The van der Waals surface area contributed by atoms with Crippen molar-refractivity contribution in [2.75, 3.05) is 5.75 Å². The average Bonchev–Trinajstić information content (AvgIpc) is 2.58. The molecule has 0 saturated heterocycles. The molecule has 0 saturated carbocycles. The molecule has 1 aromatic heterocycles. The Morgan fingerprint density at radius 3 is 2.76 bits per heavy atom. The highest BCUT2D eigenvalue weighted by atomic mass is 32.2. The highest BCUT2D eigenvalue weighted by Crippen LogP contribution is 2.13. The summed E-state index contributed by atoms with van der Waals surface area (Å²) in [4.78, 5) is 42.2. The monoisotopic (exact) mass is 363 g/mol. The maximum absolute atomic E-state index is 12.0. The van der Waals surface area contributed by atoms with E-state index in [1.54, 1.807) is 25.1 Å². The van der Waals surface area contributed by atoms with Crippen molar-refractivity contribution >= 4 is 34.5 Å². The van der Waals surface area contributed by atoms with Crippen molar-refractivity contribution in [1.82, 2.24) is 15.3 Å². The summed E-state index contributed by atoms with van der Waals surface area (Å²) >= 11 is 1.45. The molecular formula is C17H21N3O4S. The molecule has 1 heterocycles. The fourth-order valence-electron chi connectivity index (χ4n) is 2.20. The third-order valence-corrected chi connectivity index (χ3v) is 4.94. The number of rotatable bonds is 8. The van der Waals surface area contributed by atoms with E-state index in [-0.39, 0.29) is 17.9 Å². The minimum absolute atomic E-state index is 0.181. The van der Waals surface area contributed by atoms with Crippen LogP contribution in [0.4, 0.5) is 0 Å². The normalized spacial score (nSPS) is 13.4. The van der Waals surface area contributed by atoms with Gasteiger partial charge in [-0.25, -0.2) is 9.78 Å². The van der Waals surface area contributed by atoms with Crippen molar-refractivity contribution < 1.29 is 14.7 Å². The SMILES string of the molecule is CCC(C)(NC(=O)CCSCc1nc2ccccc2c(=O)[nH]1)C(=O)O. The van der Waals surface area contributed by atoms with E-state index in [0.29, 0.717) is 34.7 Å². The van der Waals surface area contributed by atoms with Gasteiger partial charge in [-0.2, -0.15) is 11.8 Å². The molecule has 0 bridgehead atoms. The Bertz CT molecular complexity index is 836. The molecule has 0 aliphatic carbocycles. The first kappa shape index (κ1) is 19.0. The summed E-state index contributed by atoms with van der Waals surface area (Å²) in [6.45, 7) is 3.20. The zero-order chi connectivity index (χ0) is 18.4. The van der Waals surface area contributed by atoms with Crippen LogP contribution in [-0.2, 0) is 15.3 Å². The molecule has 7 nitrogen and oxygen atoms in total. The molecule has 0 aliphatic rings. The van der Waals surface area contributed by atoms with E-state index in [1.165, 1.54) is 18.7 Å². The Labute approximate surface area is 149 Å². The molecule has 1 amide bonds. The molecule has 2 rings (SSSR count). The van der Waals surface area contributed by atoms with Gasteiger partial charge in [0.2, 0.25) is 5.91 Å². The van der Waals surface area contributed by atoms with Crippen LogP contribution in [0.2, 0.25) is 0 Å². The summed E-state index contributed by atoms with van der Waals surface area (Å²) in [5.41, 5.74) is -0.786. The molecule has 3 N–H and O–H groups in total. The topological polar surface area (TPSA) is 112 Å². The number of carboxylic acid groups (broad SMARTS) is 1. The van der Waals surface area contributed by atoms with Gasteiger partial charge in [-0.3, -0.25) is 9.59 Å². The van der Waals surface area contributed by atoms with Gasteiger partial charge in [-0.05, 0) is 25.5 Å². The van der Waals surface area contributed by atoms with Gasteiger partial charge in [-0.15, -0.1) is 0 Å². The summed E-state index contributed by atoms with van der Waals surface area (Å²) in [5.74, 6) is 0.172. The number of carbonyl (C=O) groups is 2. The highest BCUT2D eigenvalue weighted by molar-refractivity contribution is 7.98. The van der Waals surface area contributed by atoms with Crippen LogP contribution in [0.15, 0.2) is 29.1 Å². The number of hydrogen-bond donors (Lipinski definition) is 3. The number of carboxylic acids is 1. The van der Waals surface area contributed by atoms with Gasteiger partial charge < -0.3 is 15.4 Å². The predicted molar refractivity (Wildman–Crippen MR) is 97.6 cm³/mol. The number of fused-ring (bicyclic) bond motifs is 1. The minimum atomic E-state index is -1.24. The van der Waals surface area contributed by atoms with Crippen molar-refractivity contribution in [2.45, 2.75) is 38.0 Å². The lowest BCUT2D eigenvalue weighted by atomic mass is 9.99. The second-order valence-corrected chi connectivity index (χ2v) is 6.98. The molecule has 25 heavy (non-hydrogen) atoms. The van der Waals surface area contributed by atoms with E-state index in [0.717, 1.165) is 0 Å². The highest BCUT2D eigenvalue weighted by Gasteiger charge is 2.32. The van der Waals surface area contributed by atoms with E-state index >= 15 is 0 Å². The number of thioether (sulfide) groups is 1. The van der Waals surface area contributed by atoms with E-state index < -0.39 is 11.5 Å². The second-order valence-electron chi connectivity index (χ2n) is 5.87. The smallest absolute Gasteiger partial charge is 0.329 e. The van der Waals surface area contributed by atoms with Gasteiger partial charge in [0.1, 0.15) is 11.4 Å². The van der Waals surface area contributed by atoms with Gasteiger partial charge in [0, 0.05) is 12.2 Å². The molecule has 134 valence electrons. The lowest BCUT2D eigenvalue weighted by molar-refractivity contribution is -0.146. The Morgan fingerprint density at radius 1 is 1.36 bits per heavy atom. The van der Waals surface area contributed by atoms with Crippen LogP contribution in [0, 0.1) is 0 Å². The predicted octanol–water partition coefficient (Wildman–Crippen LogP) is 1.92. The van der Waals surface area contributed by atoms with Gasteiger partial charge in [0.25, 0.3) is 5.56 Å². The molecule has 0 aliphatic heterocycles. The average molecular weight is 363 g/mol. The van der Waals surface area contributed by atoms with E-state index in [1.807, 2.05) is 6.07 Å². The fraction of sp³-hybridized carbons (Fsp3) is 0.412. The van der Waals surface area contributed by atoms with E-state index in [4.69, 9.17) is 5.11 Å².